The van der Waals surface area contributed by atoms with Gasteiger partial charge in [-0.3, -0.25) is 4.79 Å². The van der Waals surface area contributed by atoms with Crippen molar-refractivity contribution in [3.63, 3.8) is 0 Å². The Kier molecular flexibility index (Phi) is 3.34. The first-order valence-corrected chi connectivity index (χ1v) is 7.60. The van der Waals surface area contributed by atoms with Crippen molar-refractivity contribution in [1.29, 1.82) is 0 Å². The second kappa shape index (κ2) is 5.51. The Labute approximate surface area is 132 Å². The molecule has 7 nitrogen and oxygen atoms in total. The predicted octanol–water partition coefficient (Wildman–Crippen LogP) is 1.13. The van der Waals surface area contributed by atoms with E-state index in [0.29, 0.717) is 17.1 Å². The van der Waals surface area contributed by atoms with Crippen LogP contribution in [0.15, 0.2) is 45.7 Å². The van der Waals surface area contributed by atoms with Crippen LogP contribution in [0.4, 0.5) is 6.01 Å². The number of rotatable bonds is 2. The van der Waals surface area contributed by atoms with E-state index in [-0.39, 0.29) is 5.56 Å². The van der Waals surface area contributed by atoms with Crippen LogP contribution < -0.4 is 10.5 Å². The third-order valence-electron chi connectivity index (χ3n) is 4.12. The van der Waals surface area contributed by atoms with Crippen LogP contribution in [0.25, 0.3) is 16.8 Å². The summed E-state index contributed by atoms with van der Waals surface area (Å²) in [4.78, 5) is 20.6. The molecule has 1 aliphatic rings. The highest BCUT2D eigenvalue weighted by Crippen LogP contribution is 2.20. The molecule has 4 rings (SSSR count). The van der Waals surface area contributed by atoms with Crippen LogP contribution in [-0.4, -0.2) is 52.9 Å². The van der Waals surface area contributed by atoms with E-state index in [2.05, 4.69) is 22.0 Å². The Morgan fingerprint density at radius 3 is 2.57 bits per heavy atom. The van der Waals surface area contributed by atoms with Crippen LogP contribution in [0, 0.1) is 0 Å². The maximum Gasteiger partial charge on any atom is 0.302 e. The summed E-state index contributed by atoms with van der Waals surface area (Å²) in [5.41, 5.74) is 0.980. The van der Waals surface area contributed by atoms with Crippen LogP contribution in [0.3, 0.4) is 0 Å². The van der Waals surface area contributed by atoms with E-state index in [1.165, 1.54) is 6.20 Å². The molecule has 0 bridgehead atoms. The number of para-hydroxylation sites is 1. The van der Waals surface area contributed by atoms with Gasteiger partial charge < -0.3 is 14.2 Å². The highest BCUT2D eigenvalue weighted by molar-refractivity contribution is 5.73. The molecule has 7 heteroatoms. The van der Waals surface area contributed by atoms with E-state index >= 15 is 0 Å². The smallest absolute Gasteiger partial charge is 0.302 e. The van der Waals surface area contributed by atoms with Crippen molar-refractivity contribution < 1.29 is 4.42 Å². The summed E-state index contributed by atoms with van der Waals surface area (Å²) in [6, 6.07) is 9.98. The average Bonchev–Trinajstić information content (AvgIpc) is 3.01. The van der Waals surface area contributed by atoms with Gasteiger partial charge in [0.25, 0.3) is 5.56 Å². The first-order chi connectivity index (χ1) is 11.2. The number of nitrogens with zero attached hydrogens (tertiary/aromatic N) is 5. The fourth-order valence-corrected chi connectivity index (χ4v) is 2.72. The van der Waals surface area contributed by atoms with Gasteiger partial charge in [-0.25, -0.2) is 0 Å². The van der Waals surface area contributed by atoms with Gasteiger partial charge in [0.1, 0.15) is 5.39 Å². The van der Waals surface area contributed by atoms with Crippen LogP contribution in [0.2, 0.25) is 0 Å². The number of piperazine rings is 1. The number of benzene rings is 1. The molecule has 1 aliphatic heterocycles. The highest BCUT2D eigenvalue weighted by atomic mass is 16.4. The summed E-state index contributed by atoms with van der Waals surface area (Å²) >= 11 is 0. The molecule has 3 heterocycles. The fraction of sp³-hybridized carbons (Fsp3) is 0.312. The summed E-state index contributed by atoms with van der Waals surface area (Å²) in [7, 11) is 2.08. The number of hydrogen-bond donors (Lipinski definition) is 0. The molecule has 23 heavy (non-hydrogen) atoms. The number of fused-ring (bicyclic) bond motifs is 1. The Morgan fingerprint density at radius 2 is 1.83 bits per heavy atom. The molecule has 3 aromatic rings. The minimum Gasteiger partial charge on any atom is -0.406 e. The Hall–Kier alpha value is -2.67. The van der Waals surface area contributed by atoms with Gasteiger partial charge in [-0.2, -0.15) is 14.8 Å². The van der Waals surface area contributed by atoms with Crippen LogP contribution in [0.5, 0.6) is 0 Å². The monoisotopic (exact) mass is 311 g/mol. The van der Waals surface area contributed by atoms with E-state index in [0.717, 1.165) is 31.9 Å². The molecule has 2 aromatic heterocycles. The number of aromatic nitrogens is 3. The van der Waals surface area contributed by atoms with E-state index in [1.807, 2.05) is 35.2 Å². The third-order valence-corrected chi connectivity index (χ3v) is 4.12. The molecule has 0 atom stereocenters. The van der Waals surface area contributed by atoms with Crippen molar-refractivity contribution in [2.24, 2.45) is 0 Å². The van der Waals surface area contributed by atoms with Crippen molar-refractivity contribution in [3.8, 4) is 5.69 Å². The van der Waals surface area contributed by atoms with Crippen molar-refractivity contribution in [1.82, 2.24) is 19.7 Å². The molecule has 1 fully saturated rings. The summed E-state index contributed by atoms with van der Waals surface area (Å²) in [5, 5.41) is 4.68. The maximum atomic E-state index is 12.3. The van der Waals surface area contributed by atoms with E-state index in [4.69, 9.17) is 4.42 Å². The molecule has 0 unspecified atom stereocenters. The zero-order valence-electron chi connectivity index (χ0n) is 12.8. The summed E-state index contributed by atoms with van der Waals surface area (Å²) in [6.45, 7) is 3.41. The van der Waals surface area contributed by atoms with Gasteiger partial charge in [-0.15, -0.1) is 0 Å². The minimum absolute atomic E-state index is 0.303. The molecule has 0 amide bonds. The Balaban J connectivity index is 1.81. The van der Waals surface area contributed by atoms with Crippen LogP contribution in [0.1, 0.15) is 0 Å². The van der Waals surface area contributed by atoms with Gasteiger partial charge in [0.15, 0.2) is 0 Å². The first kappa shape index (κ1) is 14.0. The largest absolute Gasteiger partial charge is 0.406 e. The second-order valence-corrected chi connectivity index (χ2v) is 5.70. The molecule has 0 N–H and O–H groups in total. The van der Waals surface area contributed by atoms with Crippen LogP contribution in [-0.2, 0) is 0 Å². The lowest BCUT2D eigenvalue weighted by molar-refractivity contribution is 0.304. The Morgan fingerprint density at radius 1 is 1.09 bits per heavy atom. The van der Waals surface area contributed by atoms with Gasteiger partial charge in [0.2, 0.25) is 5.71 Å². The molecule has 0 aliphatic carbocycles. The van der Waals surface area contributed by atoms with Gasteiger partial charge >= 0.3 is 6.01 Å². The molecule has 0 saturated carbocycles. The first-order valence-electron chi connectivity index (χ1n) is 7.60. The van der Waals surface area contributed by atoms with Crippen molar-refractivity contribution in [2.75, 3.05) is 38.1 Å². The molecular formula is C16H17N5O2. The maximum absolute atomic E-state index is 12.3. The topological polar surface area (TPSA) is 67.4 Å². The normalized spacial score (nSPS) is 16.1. The summed E-state index contributed by atoms with van der Waals surface area (Å²) < 4.78 is 7.58. The van der Waals surface area contributed by atoms with E-state index in [9.17, 15) is 4.79 Å². The molecule has 118 valence electrons. The lowest BCUT2D eigenvalue weighted by Gasteiger charge is -2.31. The zero-order chi connectivity index (χ0) is 15.8. The number of hydrogen-bond acceptors (Lipinski definition) is 6. The Bertz CT molecular complexity index is 878. The lowest BCUT2D eigenvalue weighted by Crippen LogP contribution is -2.45. The van der Waals surface area contributed by atoms with E-state index in [1.54, 1.807) is 4.68 Å². The summed E-state index contributed by atoms with van der Waals surface area (Å²) in [6.07, 6.45) is 1.51. The minimum atomic E-state index is -0.303. The number of likely N-dealkylation sites (N-methyl/N-ethyl adjacent to an activating group) is 1. The third kappa shape index (κ3) is 2.49. The van der Waals surface area contributed by atoms with Gasteiger partial charge in [-0.1, -0.05) is 18.2 Å². The van der Waals surface area contributed by atoms with Crippen molar-refractivity contribution in [2.45, 2.75) is 0 Å². The summed E-state index contributed by atoms with van der Waals surface area (Å²) in [5.74, 6) is 0. The number of anilines is 1. The molecule has 0 radical (unpaired) electrons. The van der Waals surface area contributed by atoms with Crippen molar-refractivity contribution >= 4 is 17.1 Å². The standard InChI is InChI=1S/C16H17N5O2/c1-19-7-9-20(10-8-19)16-18-14(22)13-11-17-21(15(13)23-16)12-5-3-2-4-6-12/h2-6,11H,7-10H2,1H3. The molecule has 1 aromatic carbocycles. The zero-order valence-corrected chi connectivity index (χ0v) is 12.8. The SMILES string of the molecule is CN1CCN(c2nc(=O)c3cnn(-c4ccccc4)c3o2)CC1. The van der Waals surface area contributed by atoms with Gasteiger partial charge in [-0.05, 0) is 19.2 Å². The predicted molar refractivity (Wildman–Crippen MR) is 87.1 cm³/mol. The quantitative estimate of drug-likeness (QED) is 0.707. The second-order valence-electron chi connectivity index (χ2n) is 5.70. The highest BCUT2D eigenvalue weighted by Gasteiger charge is 2.20. The van der Waals surface area contributed by atoms with Gasteiger partial charge in [0, 0.05) is 26.2 Å². The molecule has 1 saturated heterocycles. The molecular weight excluding hydrogens is 294 g/mol. The molecule has 0 spiro atoms. The van der Waals surface area contributed by atoms with Crippen molar-refractivity contribution in [3.05, 3.63) is 46.9 Å². The fourth-order valence-electron chi connectivity index (χ4n) is 2.72. The van der Waals surface area contributed by atoms with Gasteiger partial charge in [0.05, 0.1) is 11.9 Å². The van der Waals surface area contributed by atoms with E-state index < -0.39 is 0 Å². The average molecular weight is 311 g/mol. The lowest BCUT2D eigenvalue weighted by atomic mass is 10.3. The van der Waals surface area contributed by atoms with Crippen LogP contribution >= 0.6 is 0 Å².